The molecular weight excluding hydrogens is 262 g/mol. The molecule has 1 heterocycles. The molecule has 0 amide bonds. The van der Waals surface area contributed by atoms with Crippen molar-refractivity contribution in [3.05, 3.63) is 70.5 Å². The van der Waals surface area contributed by atoms with Crippen LogP contribution in [0.25, 0.3) is 6.08 Å². The fourth-order valence-electron chi connectivity index (χ4n) is 1.68. The zero-order valence-corrected chi connectivity index (χ0v) is 10.8. The number of benzene rings is 1. The van der Waals surface area contributed by atoms with Crippen LogP contribution in [0.1, 0.15) is 16.7 Å². The fourth-order valence-corrected chi connectivity index (χ4v) is 1.80. The molecule has 0 aliphatic carbocycles. The van der Waals surface area contributed by atoms with Gasteiger partial charge < -0.3 is 5.11 Å². The molecule has 2 rings (SSSR count). The van der Waals surface area contributed by atoms with Gasteiger partial charge in [0.2, 0.25) is 0 Å². The van der Waals surface area contributed by atoms with E-state index in [1.807, 2.05) is 42.6 Å². The normalized spacial score (nSPS) is 11.3. The number of rotatable bonds is 4. The molecule has 0 spiro atoms. The Morgan fingerprint density at radius 2 is 1.95 bits per heavy atom. The number of carbonyl (C=O) groups is 1. The van der Waals surface area contributed by atoms with Crippen LogP contribution in [0, 0.1) is 0 Å². The second-order valence-corrected chi connectivity index (χ2v) is 4.48. The van der Waals surface area contributed by atoms with E-state index in [1.165, 1.54) is 6.08 Å². The summed E-state index contributed by atoms with van der Waals surface area (Å²) in [5, 5.41) is 8.49. The molecule has 0 radical (unpaired) electrons. The summed E-state index contributed by atoms with van der Waals surface area (Å²) in [6, 6.07) is 11.5. The van der Waals surface area contributed by atoms with E-state index >= 15 is 0 Å². The smallest absolute Gasteiger partial charge is 0.347 e. The molecule has 0 bridgehead atoms. The monoisotopic (exact) mass is 273 g/mol. The van der Waals surface area contributed by atoms with Gasteiger partial charge in [-0.2, -0.15) is 0 Å². The highest BCUT2D eigenvalue weighted by Crippen LogP contribution is 2.14. The van der Waals surface area contributed by atoms with Gasteiger partial charge in [0.1, 0.15) is 5.03 Å². The summed E-state index contributed by atoms with van der Waals surface area (Å²) in [7, 11) is 0. The number of hydrogen-bond donors (Lipinski definition) is 1. The molecule has 19 heavy (non-hydrogen) atoms. The number of hydrogen-bond acceptors (Lipinski definition) is 2. The topological polar surface area (TPSA) is 50.2 Å². The van der Waals surface area contributed by atoms with Crippen LogP contribution in [0.2, 0.25) is 0 Å². The van der Waals surface area contributed by atoms with Crippen LogP contribution in [0.5, 0.6) is 0 Å². The van der Waals surface area contributed by atoms with Gasteiger partial charge in [-0.15, -0.1) is 0 Å². The number of pyridine rings is 1. The molecular formula is C15H12ClNO2. The van der Waals surface area contributed by atoms with Crippen LogP contribution < -0.4 is 0 Å². The van der Waals surface area contributed by atoms with Crippen molar-refractivity contribution < 1.29 is 9.90 Å². The first-order valence-electron chi connectivity index (χ1n) is 5.73. The fraction of sp³-hybridized carbons (Fsp3) is 0.0667. The third-order valence-electron chi connectivity index (χ3n) is 2.61. The molecule has 2 aromatic rings. The number of halogens is 1. The zero-order chi connectivity index (χ0) is 13.7. The molecule has 0 fully saturated rings. The minimum atomic E-state index is -1.12. The standard InChI is InChI=1S/C15H12ClNO2/c16-14(15(18)19)9-12-5-3-11(4-6-12)8-13-2-1-7-17-10-13/h1-7,9-10H,8H2,(H,18,19)/b14-9-. The van der Waals surface area contributed by atoms with Crippen molar-refractivity contribution in [2.75, 3.05) is 0 Å². The van der Waals surface area contributed by atoms with E-state index in [2.05, 4.69) is 4.98 Å². The molecule has 1 N–H and O–H groups in total. The molecule has 0 aliphatic heterocycles. The summed E-state index contributed by atoms with van der Waals surface area (Å²) < 4.78 is 0. The van der Waals surface area contributed by atoms with Crippen LogP contribution in [0.4, 0.5) is 0 Å². The molecule has 0 saturated carbocycles. The van der Waals surface area contributed by atoms with Gasteiger partial charge in [-0.25, -0.2) is 4.79 Å². The van der Waals surface area contributed by atoms with Crippen molar-refractivity contribution in [3.63, 3.8) is 0 Å². The number of aromatic nitrogens is 1. The Kier molecular flexibility index (Phi) is 4.31. The molecule has 1 aromatic heterocycles. The molecule has 3 nitrogen and oxygen atoms in total. The van der Waals surface area contributed by atoms with E-state index in [9.17, 15) is 4.79 Å². The lowest BCUT2D eigenvalue weighted by Gasteiger charge is -2.02. The van der Waals surface area contributed by atoms with Gasteiger partial charge in [-0.3, -0.25) is 4.98 Å². The molecule has 4 heteroatoms. The average molecular weight is 274 g/mol. The Hall–Kier alpha value is -2.13. The summed E-state index contributed by atoms with van der Waals surface area (Å²) in [4.78, 5) is 14.7. The van der Waals surface area contributed by atoms with E-state index in [0.717, 1.165) is 23.1 Å². The zero-order valence-electron chi connectivity index (χ0n) is 10.1. The first kappa shape index (κ1) is 13.3. The maximum atomic E-state index is 10.6. The Balaban J connectivity index is 2.11. The van der Waals surface area contributed by atoms with Gasteiger partial charge in [0, 0.05) is 12.4 Å². The predicted molar refractivity (Wildman–Crippen MR) is 75.0 cm³/mol. The molecule has 0 unspecified atom stereocenters. The van der Waals surface area contributed by atoms with Crippen LogP contribution in [0.15, 0.2) is 53.8 Å². The first-order chi connectivity index (χ1) is 9.15. The summed E-state index contributed by atoms with van der Waals surface area (Å²) in [6.45, 7) is 0. The Bertz CT molecular complexity index is 591. The van der Waals surface area contributed by atoms with Crippen LogP contribution in [-0.2, 0) is 11.2 Å². The minimum absolute atomic E-state index is 0.194. The molecule has 0 atom stereocenters. The third-order valence-corrected chi connectivity index (χ3v) is 2.88. The van der Waals surface area contributed by atoms with Gasteiger partial charge in [0.05, 0.1) is 0 Å². The number of carboxylic acid groups (broad SMARTS) is 1. The summed E-state index contributed by atoms with van der Waals surface area (Å²) in [5.41, 5.74) is 3.04. The lowest BCUT2D eigenvalue weighted by molar-refractivity contribution is -0.131. The largest absolute Gasteiger partial charge is 0.477 e. The Morgan fingerprint density at radius 1 is 1.21 bits per heavy atom. The SMILES string of the molecule is O=C(O)/C(Cl)=C/c1ccc(Cc2cccnc2)cc1. The van der Waals surface area contributed by atoms with Gasteiger partial charge in [0.25, 0.3) is 0 Å². The van der Waals surface area contributed by atoms with E-state index < -0.39 is 5.97 Å². The quantitative estimate of drug-likeness (QED) is 0.869. The van der Waals surface area contributed by atoms with E-state index in [1.54, 1.807) is 6.20 Å². The van der Waals surface area contributed by atoms with Crippen LogP contribution in [-0.4, -0.2) is 16.1 Å². The summed E-state index contributed by atoms with van der Waals surface area (Å²) in [5.74, 6) is -1.12. The van der Waals surface area contributed by atoms with Crippen molar-refractivity contribution >= 4 is 23.6 Å². The minimum Gasteiger partial charge on any atom is -0.477 e. The Labute approximate surface area is 116 Å². The third kappa shape index (κ3) is 3.93. The van der Waals surface area contributed by atoms with Gasteiger partial charge in [-0.1, -0.05) is 41.9 Å². The number of carboxylic acids is 1. The van der Waals surface area contributed by atoms with Gasteiger partial charge >= 0.3 is 5.97 Å². The number of nitrogens with zero attached hydrogens (tertiary/aromatic N) is 1. The van der Waals surface area contributed by atoms with E-state index in [0.29, 0.717) is 0 Å². The lowest BCUT2D eigenvalue weighted by atomic mass is 10.0. The highest BCUT2D eigenvalue weighted by molar-refractivity contribution is 6.42. The predicted octanol–water partition coefficient (Wildman–Crippen LogP) is 3.34. The highest BCUT2D eigenvalue weighted by Gasteiger charge is 2.02. The summed E-state index contributed by atoms with van der Waals surface area (Å²) in [6.07, 6.45) is 5.79. The lowest BCUT2D eigenvalue weighted by Crippen LogP contribution is -1.93. The van der Waals surface area contributed by atoms with Crippen molar-refractivity contribution in [1.82, 2.24) is 4.98 Å². The average Bonchev–Trinajstić information content (AvgIpc) is 2.42. The second-order valence-electron chi connectivity index (χ2n) is 4.08. The molecule has 96 valence electrons. The van der Waals surface area contributed by atoms with Crippen molar-refractivity contribution in [3.8, 4) is 0 Å². The van der Waals surface area contributed by atoms with Gasteiger partial charge in [0.15, 0.2) is 0 Å². The maximum absolute atomic E-state index is 10.6. The highest BCUT2D eigenvalue weighted by atomic mass is 35.5. The van der Waals surface area contributed by atoms with Crippen LogP contribution in [0.3, 0.4) is 0 Å². The maximum Gasteiger partial charge on any atom is 0.347 e. The Morgan fingerprint density at radius 3 is 2.53 bits per heavy atom. The van der Waals surface area contributed by atoms with E-state index in [4.69, 9.17) is 16.7 Å². The van der Waals surface area contributed by atoms with Crippen LogP contribution >= 0.6 is 11.6 Å². The van der Waals surface area contributed by atoms with E-state index in [-0.39, 0.29) is 5.03 Å². The molecule has 0 saturated heterocycles. The van der Waals surface area contributed by atoms with Crippen molar-refractivity contribution in [2.24, 2.45) is 0 Å². The second kappa shape index (κ2) is 6.16. The van der Waals surface area contributed by atoms with Crippen molar-refractivity contribution in [2.45, 2.75) is 6.42 Å². The van der Waals surface area contributed by atoms with Gasteiger partial charge in [-0.05, 0) is 35.3 Å². The molecule has 0 aliphatic rings. The molecule has 1 aromatic carbocycles. The first-order valence-corrected chi connectivity index (χ1v) is 6.11. The number of aliphatic carboxylic acids is 1. The summed E-state index contributed by atoms with van der Waals surface area (Å²) >= 11 is 5.57. The van der Waals surface area contributed by atoms with Crippen molar-refractivity contribution in [1.29, 1.82) is 0 Å².